The monoisotopic (exact) mass is 399 g/mol. The van der Waals surface area contributed by atoms with Gasteiger partial charge in [0, 0.05) is 16.8 Å². The highest BCUT2D eigenvalue weighted by molar-refractivity contribution is 6.32. The van der Waals surface area contributed by atoms with Gasteiger partial charge in [-0.3, -0.25) is 9.59 Å². The molecule has 0 aliphatic heterocycles. The molecule has 0 aliphatic rings. The van der Waals surface area contributed by atoms with E-state index in [1.54, 1.807) is 26.8 Å². The van der Waals surface area contributed by atoms with E-state index in [0.717, 1.165) is 6.07 Å². The largest absolute Gasteiger partial charge is 0.489 e. The van der Waals surface area contributed by atoms with E-state index in [2.05, 4.69) is 5.32 Å². The van der Waals surface area contributed by atoms with Crippen molar-refractivity contribution in [2.75, 3.05) is 5.32 Å². The molecule has 2 rings (SSSR count). The topological polar surface area (TPSA) is 55.4 Å². The zero-order chi connectivity index (χ0) is 20.4. The van der Waals surface area contributed by atoms with Gasteiger partial charge in [0.25, 0.3) is 5.91 Å². The van der Waals surface area contributed by atoms with Crippen molar-refractivity contribution in [2.24, 2.45) is 0 Å². The maximum atomic E-state index is 13.4. The third kappa shape index (κ3) is 5.01. The van der Waals surface area contributed by atoms with Crippen molar-refractivity contribution in [2.45, 2.75) is 33.1 Å². The third-order valence-corrected chi connectivity index (χ3v) is 3.90. The zero-order valence-corrected chi connectivity index (χ0v) is 15.5. The molecule has 0 aliphatic carbocycles. The van der Waals surface area contributed by atoms with Crippen molar-refractivity contribution >= 4 is 29.5 Å². The number of carbonyl (C=O) groups excluding carboxylic acids is 2. The highest BCUT2D eigenvalue weighted by Crippen LogP contribution is 2.41. The van der Waals surface area contributed by atoms with Crippen molar-refractivity contribution in [1.29, 1.82) is 0 Å². The summed E-state index contributed by atoms with van der Waals surface area (Å²) in [6.07, 6.45) is -4.60. The minimum Gasteiger partial charge on any atom is -0.489 e. The van der Waals surface area contributed by atoms with Gasteiger partial charge in [-0.25, -0.2) is 0 Å². The summed E-state index contributed by atoms with van der Waals surface area (Å²) in [5, 5.41) is 2.19. The van der Waals surface area contributed by atoms with Crippen LogP contribution in [-0.2, 0) is 6.18 Å². The van der Waals surface area contributed by atoms with Gasteiger partial charge < -0.3 is 10.1 Å². The molecule has 0 saturated heterocycles. The summed E-state index contributed by atoms with van der Waals surface area (Å²) in [5.41, 5.74) is 0.0280. The second kappa shape index (κ2) is 8.00. The first-order valence-corrected chi connectivity index (χ1v) is 8.35. The molecule has 0 heterocycles. The van der Waals surface area contributed by atoms with Crippen LogP contribution in [0.4, 0.5) is 18.9 Å². The van der Waals surface area contributed by atoms with Crippen LogP contribution in [0.15, 0.2) is 30.3 Å². The Morgan fingerprint density at radius 1 is 1.22 bits per heavy atom. The Balaban J connectivity index is 2.40. The Bertz CT molecular complexity index is 879. The van der Waals surface area contributed by atoms with E-state index in [1.807, 2.05) is 0 Å². The summed E-state index contributed by atoms with van der Waals surface area (Å²) in [5.74, 6) is -1.28. The number of halogens is 4. The molecular formula is C19H17ClF3NO3. The van der Waals surface area contributed by atoms with E-state index in [9.17, 15) is 22.8 Å². The quantitative estimate of drug-likeness (QED) is 0.673. The molecule has 2 aromatic carbocycles. The van der Waals surface area contributed by atoms with Crippen LogP contribution < -0.4 is 10.1 Å². The van der Waals surface area contributed by atoms with E-state index < -0.39 is 29.5 Å². The predicted molar refractivity (Wildman–Crippen MR) is 96.7 cm³/mol. The molecule has 1 N–H and O–H groups in total. The minimum absolute atomic E-state index is 0.263. The number of hydrogen-bond donors (Lipinski definition) is 1. The summed E-state index contributed by atoms with van der Waals surface area (Å²) in [6.45, 7) is 4.82. The number of amides is 1. The average Bonchev–Trinajstić information content (AvgIpc) is 2.55. The number of hydrogen-bond acceptors (Lipinski definition) is 3. The molecule has 8 heteroatoms. The highest BCUT2D eigenvalue weighted by atomic mass is 35.5. The second-order valence-corrected chi connectivity index (χ2v) is 6.55. The predicted octanol–water partition coefficient (Wildman–Crippen LogP) is 5.52. The summed E-state index contributed by atoms with van der Waals surface area (Å²) in [4.78, 5) is 23.2. The number of aldehydes is 1. The second-order valence-electron chi connectivity index (χ2n) is 6.14. The zero-order valence-electron chi connectivity index (χ0n) is 14.8. The van der Waals surface area contributed by atoms with Crippen molar-refractivity contribution in [3.8, 4) is 5.75 Å². The molecule has 0 spiro atoms. The molecule has 27 heavy (non-hydrogen) atoms. The molecule has 0 radical (unpaired) electrons. The number of ether oxygens (including phenoxy) is 1. The lowest BCUT2D eigenvalue weighted by molar-refractivity contribution is -0.139. The number of benzene rings is 2. The van der Waals surface area contributed by atoms with E-state index in [-0.39, 0.29) is 10.6 Å². The Kier molecular flexibility index (Phi) is 6.15. The first-order valence-electron chi connectivity index (χ1n) is 7.97. The Morgan fingerprint density at radius 3 is 2.41 bits per heavy atom. The van der Waals surface area contributed by atoms with Gasteiger partial charge >= 0.3 is 6.18 Å². The smallest absolute Gasteiger partial charge is 0.420 e. The van der Waals surface area contributed by atoms with Crippen molar-refractivity contribution < 1.29 is 27.5 Å². The normalized spacial score (nSPS) is 11.4. The molecule has 144 valence electrons. The van der Waals surface area contributed by atoms with Crippen LogP contribution >= 0.6 is 11.6 Å². The lowest BCUT2D eigenvalue weighted by Crippen LogP contribution is -2.17. The molecule has 0 bridgehead atoms. The first kappa shape index (κ1) is 20.8. The number of anilines is 1. The maximum Gasteiger partial charge on any atom is 0.420 e. The SMILES string of the molecule is Cc1cc(NC(=O)c2cc(Cl)c(OC(C)C)c(C(F)(F)F)c2)ccc1C=O. The van der Waals surface area contributed by atoms with E-state index in [4.69, 9.17) is 16.3 Å². The summed E-state index contributed by atoms with van der Waals surface area (Å²) in [7, 11) is 0. The number of nitrogens with one attached hydrogen (secondary N) is 1. The Hall–Kier alpha value is -2.54. The van der Waals surface area contributed by atoms with Crippen LogP contribution in [0.2, 0.25) is 5.02 Å². The molecule has 0 fully saturated rings. The van der Waals surface area contributed by atoms with Gasteiger partial charge in [-0.15, -0.1) is 0 Å². The molecular weight excluding hydrogens is 383 g/mol. The van der Waals surface area contributed by atoms with Crippen molar-refractivity contribution in [3.63, 3.8) is 0 Å². The van der Waals surface area contributed by atoms with Gasteiger partial charge in [0.2, 0.25) is 0 Å². The lowest BCUT2D eigenvalue weighted by atomic mass is 10.1. The van der Waals surface area contributed by atoms with Gasteiger partial charge in [0.1, 0.15) is 6.29 Å². The number of rotatable bonds is 5. The van der Waals surface area contributed by atoms with Crippen LogP contribution in [0.3, 0.4) is 0 Å². The molecule has 4 nitrogen and oxygen atoms in total. The van der Waals surface area contributed by atoms with Crippen LogP contribution in [0.1, 0.15) is 45.7 Å². The number of carbonyl (C=O) groups is 2. The number of aryl methyl sites for hydroxylation is 1. The fraction of sp³-hybridized carbons (Fsp3) is 0.263. The van der Waals surface area contributed by atoms with E-state index >= 15 is 0 Å². The fourth-order valence-electron chi connectivity index (χ4n) is 2.38. The van der Waals surface area contributed by atoms with Gasteiger partial charge in [0.05, 0.1) is 16.7 Å². The van der Waals surface area contributed by atoms with Crippen LogP contribution in [0, 0.1) is 6.92 Å². The standard InChI is InChI=1S/C19H17ClF3NO3/c1-10(2)27-17-15(19(21,22)23)7-13(8-16(17)20)18(26)24-14-5-4-12(9-25)11(3)6-14/h4-10H,1-3H3,(H,24,26). The van der Waals surface area contributed by atoms with Gasteiger partial charge in [-0.2, -0.15) is 13.2 Å². The van der Waals surface area contributed by atoms with Gasteiger partial charge in [-0.05, 0) is 56.7 Å². The summed E-state index contributed by atoms with van der Waals surface area (Å²) >= 11 is 5.95. The summed E-state index contributed by atoms with van der Waals surface area (Å²) < 4.78 is 45.3. The van der Waals surface area contributed by atoms with Gasteiger partial charge in [-0.1, -0.05) is 11.6 Å². The van der Waals surface area contributed by atoms with Crippen molar-refractivity contribution in [3.05, 3.63) is 57.6 Å². The van der Waals surface area contributed by atoms with E-state index in [1.165, 1.54) is 12.1 Å². The molecule has 0 saturated carbocycles. The van der Waals surface area contributed by atoms with Crippen LogP contribution in [0.5, 0.6) is 5.75 Å². The molecule has 1 amide bonds. The first-order chi connectivity index (χ1) is 12.5. The molecule has 0 unspecified atom stereocenters. The highest BCUT2D eigenvalue weighted by Gasteiger charge is 2.37. The fourth-order valence-corrected chi connectivity index (χ4v) is 2.64. The lowest BCUT2D eigenvalue weighted by Gasteiger charge is -2.19. The van der Waals surface area contributed by atoms with Crippen molar-refractivity contribution in [1.82, 2.24) is 0 Å². The minimum atomic E-state index is -4.74. The van der Waals surface area contributed by atoms with Crippen LogP contribution in [0.25, 0.3) is 0 Å². The molecule has 2 aromatic rings. The van der Waals surface area contributed by atoms with E-state index in [0.29, 0.717) is 29.2 Å². The average molecular weight is 400 g/mol. The maximum absolute atomic E-state index is 13.4. The number of alkyl halides is 3. The van der Waals surface area contributed by atoms with Gasteiger partial charge in [0.15, 0.2) is 5.75 Å². The molecule has 0 aromatic heterocycles. The third-order valence-electron chi connectivity index (χ3n) is 3.62. The van der Waals surface area contributed by atoms with Crippen LogP contribution in [-0.4, -0.2) is 18.3 Å². The Labute approximate surface area is 159 Å². The molecule has 0 atom stereocenters. The Morgan fingerprint density at radius 2 is 1.89 bits per heavy atom. The summed E-state index contributed by atoms with van der Waals surface area (Å²) in [6, 6.07) is 6.36.